The Morgan fingerprint density at radius 1 is 1.00 bits per heavy atom. The molecule has 2 aliphatic heterocycles. The second-order valence-corrected chi connectivity index (χ2v) is 16.4. The van der Waals surface area contributed by atoms with Gasteiger partial charge in [-0.15, -0.1) is 11.8 Å². The van der Waals surface area contributed by atoms with Crippen molar-refractivity contribution in [3.63, 3.8) is 0 Å². The van der Waals surface area contributed by atoms with E-state index >= 15 is 0 Å². The molecule has 0 aliphatic carbocycles. The molecule has 274 valence electrons. The molecule has 6 N–H and O–H groups in total. The fourth-order valence-corrected chi connectivity index (χ4v) is 7.83. The molecule has 6 atom stereocenters. The molecule has 0 spiro atoms. The lowest BCUT2D eigenvalue weighted by Gasteiger charge is -2.29. The van der Waals surface area contributed by atoms with Crippen LogP contribution in [0.25, 0.3) is 0 Å². The second kappa shape index (κ2) is 17.6. The highest BCUT2D eigenvalue weighted by atomic mass is 32.2. The van der Waals surface area contributed by atoms with Gasteiger partial charge in [-0.25, -0.2) is 0 Å². The van der Waals surface area contributed by atoms with E-state index in [2.05, 4.69) is 26.6 Å². The number of hydrogen-bond donors (Lipinski definition) is 6. The number of carbonyl (C=O) groups excluding carboxylic acids is 4. The predicted octanol–water partition coefficient (Wildman–Crippen LogP) is 1.71. The molecule has 50 heavy (non-hydrogen) atoms. The first kappa shape index (κ1) is 39.3. The minimum Gasteiger partial charge on any atom is -0.390 e. The van der Waals surface area contributed by atoms with Crippen LogP contribution in [0.5, 0.6) is 0 Å². The minimum atomic E-state index is -0.966. The van der Waals surface area contributed by atoms with E-state index in [-0.39, 0.29) is 55.8 Å². The van der Waals surface area contributed by atoms with Crippen LogP contribution >= 0.6 is 11.8 Å². The summed E-state index contributed by atoms with van der Waals surface area (Å²) in [4.78, 5) is 55.4. The topological polar surface area (TPSA) is 161 Å². The predicted molar refractivity (Wildman–Crippen MR) is 195 cm³/mol. The monoisotopic (exact) mass is 710 g/mol. The molecule has 4 amide bonds. The van der Waals surface area contributed by atoms with Crippen LogP contribution < -0.4 is 26.6 Å². The Morgan fingerprint density at radius 2 is 1.64 bits per heavy atom. The molecule has 0 aromatic heterocycles. The number of aliphatic hydroxyl groups excluding tert-OH is 1. The maximum atomic E-state index is 13.6. The first-order valence-corrected chi connectivity index (χ1v) is 18.3. The molecule has 0 radical (unpaired) electrons. The van der Waals surface area contributed by atoms with Gasteiger partial charge < -0.3 is 31.1 Å². The Labute approximate surface area is 300 Å². The number of rotatable bonds is 15. The van der Waals surface area contributed by atoms with Crippen molar-refractivity contribution in [2.24, 2.45) is 0 Å². The minimum absolute atomic E-state index is 0.0271. The summed E-state index contributed by atoms with van der Waals surface area (Å²) in [6.45, 7) is 13.0. The van der Waals surface area contributed by atoms with Gasteiger partial charge >= 0.3 is 0 Å². The van der Waals surface area contributed by atoms with Crippen LogP contribution in [-0.2, 0) is 36.9 Å². The number of amides is 4. The molecule has 12 nitrogen and oxygen atoms in total. The first-order chi connectivity index (χ1) is 23.6. The van der Waals surface area contributed by atoms with Crippen LogP contribution in [0.2, 0.25) is 0 Å². The molecule has 0 bridgehead atoms. The lowest BCUT2D eigenvalue weighted by atomic mass is 10.0. The lowest BCUT2D eigenvalue weighted by molar-refractivity contribution is -0.129. The van der Waals surface area contributed by atoms with Crippen LogP contribution in [0.3, 0.4) is 0 Å². The lowest BCUT2D eigenvalue weighted by Crippen LogP contribution is -2.58. The summed E-state index contributed by atoms with van der Waals surface area (Å²) in [5, 5.41) is 25.5. The zero-order valence-corrected chi connectivity index (χ0v) is 30.8. The number of β-amino-alcohol motifs (C(OH)–C–C–N with tert-alkyl or cyclic N) is 1. The van der Waals surface area contributed by atoms with E-state index in [0.29, 0.717) is 19.6 Å². The maximum absolute atomic E-state index is 13.6. The molecule has 2 aromatic rings. The van der Waals surface area contributed by atoms with E-state index in [1.54, 1.807) is 0 Å². The normalized spacial score (nSPS) is 23.1. The largest absolute Gasteiger partial charge is 0.390 e. The molecule has 1 unspecified atom stereocenters. The average Bonchev–Trinajstić information content (AvgIpc) is 3.60. The van der Waals surface area contributed by atoms with Gasteiger partial charge in [-0.2, -0.15) is 0 Å². The Hall–Kier alpha value is -3.49. The van der Waals surface area contributed by atoms with Gasteiger partial charge in [0.1, 0.15) is 12.1 Å². The van der Waals surface area contributed by atoms with E-state index in [0.717, 1.165) is 11.1 Å². The molecule has 2 aliphatic rings. The van der Waals surface area contributed by atoms with Crippen molar-refractivity contribution < 1.29 is 29.0 Å². The summed E-state index contributed by atoms with van der Waals surface area (Å²) in [6, 6.07) is 16.7. The quantitative estimate of drug-likeness (QED) is 0.162. The van der Waals surface area contributed by atoms with Crippen molar-refractivity contribution in [3.8, 4) is 0 Å². The molecule has 2 saturated heterocycles. The molecule has 0 saturated carbocycles. The summed E-state index contributed by atoms with van der Waals surface area (Å²) in [7, 11) is 0. The zero-order valence-electron chi connectivity index (χ0n) is 30.0. The van der Waals surface area contributed by atoms with Crippen LogP contribution in [0, 0.1) is 0 Å². The summed E-state index contributed by atoms with van der Waals surface area (Å²) in [5.41, 5.74) is 1.34. The van der Waals surface area contributed by atoms with Crippen molar-refractivity contribution in [1.29, 1.82) is 0 Å². The van der Waals surface area contributed by atoms with E-state index in [1.165, 1.54) is 11.8 Å². The average molecular weight is 711 g/mol. The van der Waals surface area contributed by atoms with Gasteiger partial charge in [-0.3, -0.25) is 29.4 Å². The number of aliphatic hydroxyl groups is 1. The number of carbonyl (C=O) groups is 4. The zero-order chi connectivity index (χ0) is 36.5. The first-order valence-electron chi connectivity index (χ1n) is 17.4. The van der Waals surface area contributed by atoms with Gasteiger partial charge in [-0.05, 0) is 59.1 Å². The molecule has 2 fully saturated rings. The number of benzene rings is 2. The van der Waals surface area contributed by atoms with Crippen molar-refractivity contribution in [2.45, 2.75) is 107 Å². The van der Waals surface area contributed by atoms with Crippen molar-refractivity contribution in [1.82, 2.24) is 31.5 Å². The molecule has 4 rings (SSSR count). The number of ether oxygens (including phenoxy) is 1. The van der Waals surface area contributed by atoms with E-state index < -0.39 is 39.9 Å². The molecule has 13 heteroatoms. The Balaban J connectivity index is 1.39. The van der Waals surface area contributed by atoms with Gasteiger partial charge in [0.2, 0.25) is 23.6 Å². The molecule has 2 heterocycles. The SMILES string of the molecule is CCO[C@@H]1C[C@@H](C(=O)NC(C)(C)C)N(C[C@@H](O)CNC(=O)[C@@H]2N[C@@H](C(NC(=O)Cc3ccccc3)C(=O)NCc3ccccc3)SC2(C)C)C1. The van der Waals surface area contributed by atoms with Crippen LogP contribution in [0.15, 0.2) is 60.7 Å². The molecule has 2 aromatic carbocycles. The van der Waals surface area contributed by atoms with Crippen LogP contribution in [-0.4, -0.2) is 106 Å². The Kier molecular flexibility index (Phi) is 13.9. The highest BCUT2D eigenvalue weighted by molar-refractivity contribution is 8.01. The van der Waals surface area contributed by atoms with E-state index in [9.17, 15) is 24.3 Å². The third-order valence-electron chi connectivity index (χ3n) is 8.66. The molecular formula is C37H54N6O6S. The van der Waals surface area contributed by atoms with Gasteiger partial charge in [-0.1, -0.05) is 60.7 Å². The highest BCUT2D eigenvalue weighted by Gasteiger charge is 2.49. The maximum Gasteiger partial charge on any atom is 0.245 e. The Morgan fingerprint density at radius 3 is 2.26 bits per heavy atom. The van der Waals surface area contributed by atoms with Crippen LogP contribution in [0.4, 0.5) is 0 Å². The summed E-state index contributed by atoms with van der Waals surface area (Å²) in [5.74, 6) is -1.13. The van der Waals surface area contributed by atoms with Gasteiger partial charge in [0, 0.05) is 43.1 Å². The molecular weight excluding hydrogens is 657 g/mol. The second-order valence-electron chi connectivity index (χ2n) is 14.6. The number of thioether (sulfide) groups is 1. The fraction of sp³-hybridized carbons (Fsp3) is 0.568. The van der Waals surface area contributed by atoms with Crippen molar-refractivity contribution in [2.75, 3.05) is 26.2 Å². The summed E-state index contributed by atoms with van der Waals surface area (Å²) < 4.78 is 5.16. The number of nitrogens with one attached hydrogen (secondary N) is 5. The smallest absolute Gasteiger partial charge is 0.245 e. The van der Waals surface area contributed by atoms with Gasteiger partial charge in [0.05, 0.1) is 30.0 Å². The Bertz CT molecular complexity index is 1440. The fourth-order valence-electron chi connectivity index (χ4n) is 6.33. The number of hydrogen-bond acceptors (Lipinski definition) is 9. The van der Waals surface area contributed by atoms with Crippen molar-refractivity contribution >= 4 is 35.4 Å². The van der Waals surface area contributed by atoms with E-state index in [1.807, 2.05) is 107 Å². The standard InChI is InChI=1S/C37H54N6O6S/c1-7-49-27-19-28(32(46)42-36(2,3)4)43(23-27)22-26(44)21-39-34(48)31-37(5,6)50-35(41-31)30(33(47)38-20-25-16-12-9-13-17-25)40-29(45)18-24-14-10-8-11-15-24/h8-17,26-28,30-31,35,41,44H,7,18-23H2,1-6H3,(H,38,47)(H,39,48)(H,40,45)(H,42,46)/t26-,27+,28-,30?,31-,35+/m0/s1. The third-order valence-corrected chi connectivity index (χ3v) is 10.2. The number of nitrogens with zero attached hydrogens (tertiary/aromatic N) is 1. The highest BCUT2D eigenvalue weighted by Crippen LogP contribution is 2.39. The summed E-state index contributed by atoms with van der Waals surface area (Å²) in [6.07, 6.45) is -0.435. The number of likely N-dealkylation sites (tertiary alicyclic amines) is 1. The van der Waals surface area contributed by atoms with Crippen molar-refractivity contribution in [3.05, 3.63) is 71.8 Å². The third kappa shape index (κ3) is 11.5. The summed E-state index contributed by atoms with van der Waals surface area (Å²) >= 11 is 1.41. The van der Waals surface area contributed by atoms with E-state index in [4.69, 9.17) is 4.74 Å². The van der Waals surface area contributed by atoms with Gasteiger partial charge in [0.15, 0.2) is 0 Å². The van der Waals surface area contributed by atoms with Crippen LogP contribution in [0.1, 0.15) is 59.1 Å². The van der Waals surface area contributed by atoms with Gasteiger partial charge in [0.25, 0.3) is 0 Å².